The van der Waals surface area contributed by atoms with Gasteiger partial charge in [0.2, 0.25) is 0 Å². The summed E-state index contributed by atoms with van der Waals surface area (Å²) in [4.78, 5) is 26.0. The molecule has 2 saturated heterocycles. The average Bonchev–Trinajstić information content (AvgIpc) is 2.81. The number of aromatic nitrogens is 2. The first-order valence-corrected chi connectivity index (χ1v) is 7.69. The van der Waals surface area contributed by atoms with E-state index in [0.29, 0.717) is 25.0 Å². The van der Waals surface area contributed by atoms with E-state index in [1.807, 2.05) is 13.8 Å². The van der Waals surface area contributed by atoms with Crippen LogP contribution >= 0.6 is 0 Å². The summed E-state index contributed by atoms with van der Waals surface area (Å²) in [6, 6.07) is 0. The van der Waals surface area contributed by atoms with E-state index < -0.39 is 23.3 Å². The van der Waals surface area contributed by atoms with E-state index in [2.05, 4.69) is 11.6 Å². The van der Waals surface area contributed by atoms with Crippen molar-refractivity contribution in [2.45, 2.75) is 57.3 Å². The lowest BCUT2D eigenvalue weighted by molar-refractivity contribution is -0.323. The van der Waals surface area contributed by atoms with E-state index in [1.54, 1.807) is 13.0 Å². The molecular formula is C16H22N2O5. The summed E-state index contributed by atoms with van der Waals surface area (Å²) in [6.45, 7) is 9.51. The fourth-order valence-electron chi connectivity index (χ4n) is 3.20. The van der Waals surface area contributed by atoms with Gasteiger partial charge in [-0.05, 0) is 27.2 Å². The van der Waals surface area contributed by atoms with Gasteiger partial charge in [0.15, 0.2) is 5.79 Å². The lowest BCUT2D eigenvalue weighted by Gasteiger charge is -2.44. The highest BCUT2D eigenvalue weighted by Gasteiger charge is 2.55. The number of H-pyrrole nitrogens is 1. The minimum Gasteiger partial charge on any atom is -0.347 e. The molecule has 7 nitrogen and oxygen atoms in total. The van der Waals surface area contributed by atoms with E-state index in [-0.39, 0.29) is 11.7 Å². The Bertz CT molecular complexity index is 735. The Labute approximate surface area is 133 Å². The van der Waals surface area contributed by atoms with Crippen molar-refractivity contribution in [3.8, 4) is 0 Å². The molecule has 3 atom stereocenters. The molecule has 126 valence electrons. The summed E-state index contributed by atoms with van der Waals surface area (Å²) < 4.78 is 19.4. The van der Waals surface area contributed by atoms with Crippen LogP contribution in [0, 0.1) is 6.92 Å². The average molecular weight is 322 g/mol. The Morgan fingerprint density at radius 3 is 2.87 bits per heavy atom. The van der Waals surface area contributed by atoms with Gasteiger partial charge in [-0.3, -0.25) is 14.3 Å². The second kappa shape index (κ2) is 5.43. The quantitative estimate of drug-likeness (QED) is 0.846. The van der Waals surface area contributed by atoms with Crippen molar-refractivity contribution in [3.05, 3.63) is 45.3 Å². The summed E-state index contributed by atoms with van der Waals surface area (Å²) in [5.41, 5.74) is -1.08. The molecule has 2 fully saturated rings. The van der Waals surface area contributed by atoms with Gasteiger partial charge in [0.05, 0.1) is 12.7 Å². The third kappa shape index (κ3) is 2.80. The van der Waals surface area contributed by atoms with Gasteiger partial charge in [0.25, 0.3) is 5.56 Å². The SMILES string of the molecule is C=CC[C@@]12COC(C)(C)O[C@@H]1C[C@H](n1cc(C)c(=O)[nH]c1=O)O2. The van der Waals surface area contributed by atoms with Crippen LogP contribution in [0.3, 0.4) is 0 Å². The zero-order valence-electron chi connectivity index (χ0n) is 13.6. The maximum absolute atomic E-state index is 12.1. The van der Waals surface area contributed by atoms with Gasteiger partial charge in [-0.25, -0.2) is 4.79 Å². The summed E-state index contributed by atoms with van der Waals surface area (Å²) in [7, 11) is 0. The van der Waals surface area contributed by atoms with E-state index in [9.17, 15) is 9.59 Å². The first kappa shape index (κ1) is 16.2. The number of aromatic amines is 1. The van der Waals surface area contributed by atoms with Gasteiger partial charge in [-0.1, -0.05) is 6.08 Å². The van der Waals surface area contributed by atoms with Crippen molar-refractivity contribution < 1.29 is 14.2 Å². The highest BCUT2D eigenvalue weighted by Crippen LogP contribution is 2.45. The number of fused-ring (bicyclic) bond motifs is 1. The largest absolute Gasteiger partial charge is 0.347 e. The second-order valence-electron chi connectivity index (χ2n) is 6.64. The molecule has 7 heteroatoms. The number of nitrogens with one attached hydrogen (secondary N) is 1. The minimum absolute atomic E-state index is 0.214. The molecule has 1 N–H and O–H groups in total. The third-order valence-corrected chi connectivity index (χ3v) is 4.41. The van der Waals surface area contributed by atoms with Crippen molar-refractivity contribution in [1.82, 2.24) is 9.55 Å². The molecule has 3 rings (SSSR count). The topological polar surface area (TPSA) is 82.5 Å². The summed E-state index contributed by atoms with van der Waals surface area (Å²) in [6.07, 6.45) is 3.62. The van der Waals surface area contributed by atoms with Crippen LogP contribution in [0.4, 0.5) is 0 Å². The molecule has 3 heterocycles. The lowest BCUT2D eigenvalue weighted by atomic mass is 9.92. The van der Waals surface area contributed by atoms with Crippen LogP contribution in [0.2, 0.25) is 0 Å². The molecule has 0 unspecified atom stereocenters. The van der Waals surface area contributed by atoms with Gasteiger partial charge in [-0.15, -0.1) is 6.58 Å². The van der Waals surface area contributed by atoms with E-state index in [1.165, 1.54) is 10.8 Å². The number of aryl methyl sites for hydroxylation is 1. The Hall–Kier alpha value is -1.70. The molecule has 2 aliphatic rings. The molecule has 0 bridgehead atoms. The number of hydrogen-bond donors (Lipinski definition) is 1. The zero-order valence-corrected chi connectivity index (χ0v) is 13.6. The van der Waals surface area contributed by atoms with E-state index >= 15 is 0 Å². The number of rotatable bonds is 3. The van der Waals surface area contributed by atoms with Gasteiger partial charge < -0.3 is 14.2 Å². The van der Waals surface area contributed by atoms with E-state index in [4.69, 9.17) is 14.2 Å². The molecule has 0 radical (unpaired) electrons. The molecule has 0 aromatic carbocycles. The van der Waals surface area contributed by atoms with Gasteiger partial charge in [-0.2, -0.15) is 0 Å². The smallest absolute Gasteiger partial charge is 0.330 e. The van der Waals surface area contributed by atoms with Crippen molar-refractivity contribution >= 4 is 0 Å². The molecule has 1 aromatic heterocycles. The maximum Gasteiger partial charge on any atom is 0.330 e. The molecule has 2 aliphatic heterocycles. The first-order chi connectivity index (χ1) is 10.8. The summed E-state index contributed by atoms with van der Waals surface area (Å²) in [5.74, 6) is -0.695. The van der Waals surface area contributed by atoms with Crippen molar-refractivity contribution in [3.63, 3.8) is 0 Å². The van der Waals surface area contributed by atoms with Crippen LogP contribution < -0.4 is 11.2 Å². The molecule has 0 saturated carbocycles. The van der Waals surface area contributed by atoms with Gasteiger partial charge in [0, 0.05) is 18.2 Å². The lowest BCUT2D eigenvalue weighted by Crippen LogP contribution is -2.55. The monoisotopic (exact) mass is 322 g/mol. The molecule has 0 aliphatic carbocycles. The van der Waals surface area contributed by atoms with Crippen molar-refractivity contribution in [1.29, 1.82) is 0 Å². The normalized spacial score (nSPS) is 32.5. The highest BCUT2D eigenvalue weighted by molar-refractivity contribution is 5.06. The predicted octanol–water partition coefficient (Wildman–Crippen LogP) is 1.23. The Morgan fingerprint density at radius 1 is 1.43 bits per heavy atom. The summed E-state index contributed by atoms with van der Waals surface area (Å²) in [5, 5.41) is 0. The molecule has 0 amide bonds. The standard InChI is InChI=1S/C16H22N2O5/c1-5-6-16-9-21-15(3,4)22-11(16)7-12(23-16)18-8-10(2)13(19)17-14(18)20/h5,8,11-12H,1,6-7,9H2,2-4H3,(H,17,19,20)/t11-,12-,16-/m1/s1. The molecular weight excluding hydrogens is 300 g/mol. The Morgan fingerprint density at radius 2 is 2.17 bits per heavy atom. The number of hydrogen-bond acceptors (Lipinski definition) is 5. The zero-order chi connectivity index (χ0) is 16.8. The van der Waals surface area contributed by atoms with Crippen LogP contribution in [0.15, 0.2) is 28.4 Å². The first-order valence-electron chi connectivity index (χ1n) is 7.69. The third-order valence-electron chi connectivity index (χ3n) is 4.41. The minimum atomic E-state index is -0.695. The van der Waals surface area contributed by atoms with Crippen molar-refractivity contribution in [2.24, 2.45) is 0 Å². The fourth-order valence-corrected chi connectivity index (χ4v) is 3.20. The Kier molecular flexibility index (Phi) is 3.82. The number of ether oxygens (including phenoxy) is 3. The van der Waals surface area contributed by atoms with Crippen LogP contribution in [0.1, 0.15) is 38.5 Å². The van der Waals surface area contributed by atoms with Gasteiger partial charge in [0.1, 0.15) is 11.8 Å². The van der Waals surface area contributed by atoms with Gasteiger partial charge >= 0.3 is 5.69 Å². The number of nitrogens with zero attached hydrogens (tertiary/aromatic N) is 1. The van der Waals surface area contributed by atoms with E-state index in [0.717, 1.165) is 0 Å². The maximum atomic E-state index is 12.1. The predicted molar refractivity (Wildman–Crippen MR) is 83.2 cm³/mol. The highest BCUT2D eigenvalue weighted by atomic mass is 16.7. The van der Waals surface area contributed by atoms with Crippen LogP contribution in [-0.2, 0) is 14.2 Å². The molecule has 1 aromatic rings. The summed E-state index contributed by atoms with van der Waals surface area (Å²) >= 11 is 0. The van der Waals surface area contributed by atoms with Crippen LogP contribution in [0.5, 0.6) is 0 Å². The molecule has 0 spiro atoms. The Balaban J connectivity index is 1.96. The fraction of sp³-hybridized carbons (Fsp3) is 0.625. The van der Waals surface area contributed by atoms with Crippen molar-refractivity contribution in [2.75, 3.05) is 6.61 Å². The van der Waals surface area contributed by atoms with Crippen LogP contribution in [-0.4, -0.2) is 33.7 Å². The van der Waals surface area contributed by atoms with Crippen LogP contribution in [0.25, 0.3) is 0 Å². The second-order valence-corrected chi connectivity index (χ2v) is 6.64. The molecule has 23 heavy (non-hydrogen) atoms.